The zero-order valence-corrected chi connectivity index (χ0v) is 14.8. The maximum atomic E-state index is 13.9. The molecule has 4 nitrogen and oxygen atoms in total. The molecule has 0 radical (unpaired) electrons. The Morgan fingerprint density at radius 3 is 2.52 bits per heavy atom. The van der Waals surface area contributed by atoms with Gasteiger partial charge in [-0.05, 0) is 29.2 Å². The van der Waals surface area contributed by atoms with E-state index in [0.717, 1.165) is 11.0 Å². The summed E-state index contributed by atoms with van der Waals surface area (Å²) in [4.78, 5) is 12.6. The van der Waals surface area contributed by atoms with Gasteiger partial charge in [0, 0.05) is 19.2 Å². The number of hydrogen-bond acceptors (Lipinski definition) is 2. The maximum absolute atomic E-state index is 13.9. The van der Waals surface area contributed by atoms with Gasteiger partial charge in [0.1, 0.15) is 11.9 Å². The number of fused-ring (bicyclic) bond motifs is 1. The van der Waals surface area contributed by atoms with Crippen LogP contribution >= 0.6 is 0 Å². The zero-order valence-electron chi connectivity index (χ0n) is 14.8. The highest BCUT2D eigenvalue weighted by molar-refractivity contribution is 5.84. The Kier molecular flexibility index (Phi) is 4.00. The number of nitrogens with zero attached hydrogens (tertiary/aromatic N) is 3. The minimum atomic E-state index is -0.542. The Hall–Kier alpha value is -2.87. The largest absolute Gasteiger partial charge is 0.328 e. The lowest BCUT2D eigenvalue weighted by Gasteiger charge is -2.18. The van der Waals surface area contributed by atoms with Crippen molar-refractivity contribution in [2.45, 2.75) is 27.3 Å². The molecule has 3 aromatic rings. The van der Waals surface area contributed by atoms with Gasteiger partial charge in [0.05, 0.1) is 16.6 Å². The van der Waals surface area contributed by atoms with E-state index in [1.165, 1.54) is 6.07 Å². The zero-order chi connectivity index (χ0) is 18.4. The predicted molar refractivity (Wildman–Crippen MR) is 96.7 cm³/mol. The molecule has 0 spiro atoms. The molecule has 0 bridgehead atoms. The summed E-state index contributed by atoms with van der Waals surface area (Å²) in [5.74, 6) is -0.542. The van der Waals surface area contributed by atoms with Crippen LogP contribution in [0.4, 0.5) is 4.39 Å². The van der Waals surface area contributed by atoms with Crippen LogP contribution < -0.4 is 5.69 Å². The summed E-state index contributed by atoms with van der Waals surface area (Å²) in [5, 5.41) is 9.25. The molecule has 0 saturated carbocycles. The number of rotatable bonds is 2. The van der Waals surface area contributed by atoms with E-state index in [0.29, 0.717) is 17.7 Å². The van der Waals surface area contributed by atoms with Crippen LogP contribution in [0.15, 0.2) is 41.2 Å². The van der Waals surface area contributed by atoms with Crippen LogP contribution in [0.3, 0.4) is 0 Å². The van der Waals surface area contributed by atoms with Crippen molar-refractivity contribution >= 4 is 11.0 Å². The summed E-state index contributed by atoms with van der Waals surface area (Å²) < 4.78 is 17.3. The molecule has 25 heavy (non-hydrogen) atoms. The van der Waals surface area contributed by atoms with E-state index in [1.807, 2.05) is 24.3 Å². The highest BCUT2D eigenvalue weighted by atomic mass is 19.1. The first-order chi connectivity index (χ1) is 11.7. The molecule has 0 aliphatic heterocycles. The first-order valence-electron chi connectivity index (χ1n) is 8.11. The van der Waals surface area contributed by atoms with Crippen LogP contribution in [0.5, 0.6) is 0 Å². The lowest BCUT2D eigenvalue weighted by Crippen LogP contribution is -2.27. The van der Waals surface area contributed by atoms with Crippen LogP contribution in [0.2, 0.25) is 0 Å². The molecular weight excluding hydrogens is 317 g/mol. The van der Waals surface area contributed by atoms with E-state index in [1.54, 1.807) is 28.3 Å². The molecule has 0 unspecified atom stereocenters. The molecule has 0 fully saturated rings. The van der Waals surface area contributed by atoms with Gasteiger partial charge in [0.15, 0.2) is 0 Å². The number of hydrogen-bond donors (Lipinski definition) is 0. The van der Waals surface area contributed by atoms with E-state index in [-0.39, 0.29) is 16.7 Å². The molecule has 3 rings (SSSR count). The standard InChI is InChI=1S/C20H20FN3O/c1-20(2,3)12-24-17-9-8-13(10-18(17)23(4)19(24)25)14-6-5-7-16(21)15(14)11-22/h5-10H,12H2,1-4H3. The van der Waals surface area contributed by atoms with E-state index in [2.05, 4.69) is 20.8 Å². The molecule has 1 aromatic heterocycles. The van der Waals surface area contributed by atoms with Crippen molar-refractivity contribution < 1.29 is 4.39 Å². The predicted octanol–water partition coefficient (Wildman–Crippen LogP) is 4.06. The molecule has 128 valence electrons. The van der Waals surface area contributed by atoms with Gasteiger partial charge in [0.25, 0.3) is 0 Å². The minimum Gasteiger partial charge on any atom is -0.295 e. The lowest BCUT2D eigenvalue weighted by molar-refractivity contribution is 0.342. The van der Waals surface area contributed by atoms with Gasteiger partial charge in [-0.1, -0.05) is 39.0 Å². The quantitative estimate of drug-likeness (QED) is 0.708. The number of aryl methyl sites for hydroxylation is 1. The molecule has 0 N–H and O–H groups in total. The molecule has 0 aliphatic carbocycles. The van der Waals surface area contributed by atoms with E-state index >= 15 is 0 Å². The molecule has 0 amide bonds. The van der Waals surface area contributed by atoms with Gasteiger partial charge in [0.2, 0.25) is 0 Å². The van der Waals surface area contributed by atoms with Gasteiger partial charge >= 0.3 is 5.69 Å². The Bertz CT molecular complexity index is 1060. The number of halogens is 1. The minimum absolute atomic E-state index is 0.0148. The number of imidazole rings is 1. The summed E-state index contributed by atoms with van der Waals surface area (Å²) in [6.45, 7) is 6.85. The van der Waals surface area contributed by atoms with E-state index < -0.39 is 5.82 Å². The van der Waals surface area contributed by atoms with Crippen molar-refractivity contribution in [2.75, 3.05) is 0 Å². The first-order valence-corrected chi connectivity index (χ1v) is 8.11. The fourth-order valence-corrected chi connectivity index (χ4v) is 3.08. The lowest BCUT2D eigenvalue weighted by atomic mass is 9.96. The summed E-state index contributed by atoms with van der Waals surface area (Å²) in [6, 6.07) is 12.0. The van der Waals surface area contributed by atoms with Crippen LogP contribution in [-0.2, 0) is 13.6 Å². The maximum Gasteiger partial charge on any atom is 0.328 e. The van der Waals surface area contributed by atoms with E-state index in [9.17, 15) is 14.4 Å². The molecule has 0 saturated heterocycles. The second-order valence-corrected chi connectivity index (χ2v) is 7.47. The Morgan fingerprint density at radius 2 is 1.88 bits per heavy atom. The van der Waals surface area contributed by atoms with Crippen molar-refractivity contribution in [3.8, 4) is 17.2 Å². The number of benzene rings is 2. The monoisotopic (exact) mass is 337 g/mol. The van der Waals surface area contributed by atoms with Crippen LogP contribution in [0, 0.1) is 22.6 Å². The molecular formula is C20H20FN3O. The van der Waals surface area contributed by atoms with Crippen molar-refractivity contribution in [1.29, 1.82) is 5.26 Å². The third-order valence-electron chi connectivity index (χ3n) is 4.21. The molecule has 1 heterocycles. The first kappa shape index (κ1) is 17.0. The highest BCUT2D eigenvalue weighted by Gasteiger charge is 2.18. The smallest absolute Gasteiger partial charge is 0.295 e. The molecule has 5 heteroatoms. The van der Waals surface area contributed by atoms with E-state index in [4.69, 9.17) is 0 Å². The fraction of sp³-hybridized carbons (Fsp3) is 0.300. The van der Waals surface area contributed by atoms with Gasteiger partial charge in [-0.25, -0.2) is 9.18 Å². The van der Waals surface area contributed by atoms with Gasteiger partial charge in [-0.2, -0.15) is 5.26 Å². The molecule has 2 aromatic carbocycles. The Balaban J connectivity index is 2.24. The van der Waals surface area contributed by atoms with Crippen LogP contribution in [0.25, 0.3) is 22.2 Å². The normalized spacial score (nSPS) is 11.7. The topological polar surface area (TPSA) is 50.7 Å². The third kappa shape index (κ3) is 2.96. The SMILES string of the molecule is Cn1c(=O)n(CC(C)(C)C)c2ccc(-c3cccc(F)c3C#N)cc21. The second kappa shape index (κ2) is 5.89. The van der Waals surface area contributed by atoms with Gasteiger partial charge in [-0.3, -0.25) is 9.13 Å². The summed E-state index contributed by atoms with van der Waals surface area (Å²) in [7, 11) is 1.73. The highest BCUT2D eigenvalue weighted by Crippen LogP contribution is 2.29. The van der Waals surface area contributed by atoms with Gasteiger partial charge in [-0.15, -0.1) is 0 Å². The van der Waals surface area contributed by atoms with Gasteiger partial charge < -0.3 is 0 Å². The fourth-order valence-electron chi connectivity index (χ4n) is 3.08. The summed E-state index contributed by atoms with van der Waals surface area (Å²) in [5.41, 5.74) is 2.74. The van der Waals surface area contributed by atoms with Crippen molar-refractivity contribution in [2.24, 2.45) is 12.5 Å². The average molecular weight is 337 g/mol. The number of aromatic nitrogens is 2. The van der Waals surface area contributed by atoms with Crippen molar-refractivity contribution in [1.82, 2.24) is 9.13 Å². The number of nitriles is 1. The molecule has 0 aliphatic rings. The second-order valence-electron chi connectivity index (χ2n) is 7.47. The van der Waals surface area contributed by atoms with Crippen molar-refractivity contribution in [3.63, 3.8) is 0 Å². The van der Waals surface area contributed by atoms with Crippen LogP contribution in [-0.4, -0.2) is 9.13 Å². The Labute approximate surface area is 145 Å². The van der Waals surface area contributed by atoms with Crippen molar-refractivity contribution in [3.05, 3.63) is 58.3 Å². The summed E-state index contributed by atoms with van der Waals surface area (Å²) in [6.07, 6.45) is 0. The summed E-state index contributed by atoms with van der Waals surface area (Å²) >= 11 is 0. The molecule has 0 atom stereocenters. The third-order valence-corrected chi connectivity index (χ3v) is 4.21. The average Bonchev–Trinajstić information content (AvgIpc) is 2.78. The Morgan fingerprint density at radius 1 is 1.16 bits per heavy atom. The van der Waals surface area contributed by atoms with Crippen LogP contribution in [0.1, 0.15) is 26.3 Å².